The lowest BCUT2D eigenvalue weighted by Crippen LogP contribution is -2.37. The molecule has 2 rings (SSSR count). The van der Waals surface area contributed by atoms with E-state index in [1.54, 1.807) is 38.1 Å². The number of sulfonamides is 1. The second-order valence-electron chi connectivity index (χ2n) is 5.63. The maximum atomic E-state index is 12.5. The quantitative estimate of drug-likeness (QED) is 0.786. The Bertz CT molecular complexity index is 827. The molecule has 1 heterocycles. The van der Waals surface area contributed by atoms with Crippen LogP contribution in [0.3, 0.4) is 0 Å². The first-order chi connectivity index (χ1) is 11.7. The summed E-state index contributed by atoms with van der Waals surface area (Å²) >= 11 is 5.80. The van der Waals surface area contributed by atoms with Crippen molar-refractivity contribution in [1.29, 1.82) is 0 Å². The van der Waals surface area contributed by atoms with Crippen molar-refractivity contribution in [3.8, 4) is 0 Å². The molecule has 0 aliphatic carbocycles. The SMILES string of the molecule is Cc1noc(C)c1S(=O)(=O)N(C)CCNC(=O)Cc1ccc(Cl)cc1. The zero-order chi connectivity index (χ0) is 18.6. The van der Waals surface area contributed by atoms with Gasteiger partial charge in [0.05, 0.1) is 6.42 Å². The van der Waals surface area contributed by atoms with Crippen LogP contribution >= 0.6 is 11.6 Å². The Hall–Kier alpha value is -1.90. The molecular formula is C16H20ClN3O4S. The minimum atomic E-state index is -3.71. The van der Waals surface area contributed by atoms with Gasteiger partial charge in [0, 0.05) is 25.2 Å². The topological polar surface area (TPSA) is 92.5 Å². The van der Waals surface area contributed by atoms with Crippen LogP contribution in [0.4, 0.5) is 0 Å². The number of rotatable bonds is 7. The Kier molecular flexibility index (Phi) is 6.21. The van der Waals surface area contributed by atoms with Crippen molar-refractivity contribution in [1.82, 2.24) is 14.8 Å². The van der Waals surface area contributed by atoms with Gasteiger partial charge in [0.1, 0.15) is 10.6 Å². The van der Waals surface area contributed by atoms with E-state index in [1.165, 1.54) is 11.4 Å². The molecule has 0 aliphatic rings. The highest BCUT2D eigenvalue weighted by Crippen LogP contribution is 2.21. The van der Waals surface area contributed by atoms with Crippen molar-refractivity contribution in [2.45, 2.75) is 25.2 Å². The summed E-state index contributed by atoms with van der Waals surface area (Å²) in [5, 5.41) is 6.98. The molecule has 25 heavy (non-hydrogen) atoms. The standard InChI is InChI=1S/C16H20ClN3O4S/c1-11-16(12(2)24-19-11)25(22,23)20(3)9-8-18-15(21)10-13-4-6-14(17)7-5-13/h4-7H,8-10H2,1-3H3,(H,18,21). The van der Waals surface area contributed by atoms with Gasteiger partial charge >= 0.3 is 0 Å². The van der Waals surface area contributed by atoms with Gasteiger partial charge in [-0.3, -0.25) is 4.79 Å². The fraction of sp³-hybridized carbons (Fsp3) is 0.375. The Morgan fingerprint density at radius 2 is 1.92 bits per heavy atom. The van der Waals surface area contributed by atoms with E-state index in [2.05, 4.69) is 10.5 Å². The van der Waals surface area contributed by atoms with Gasteiger partial charge < -0.3 is 9.84 Å². The maximum absolute atomic E-state index is 12.5. The molecule has 0 aliphatic heterocycles. The molecule has 0 unspecified atom stereocenters. The van der Waals surface area contributed by atoms with Crippen molar-refractivity contribution in [3.63, 3.8) is 0 Å². The number of nitrogens with zero attached hydrogens (tertiary/aromatic N) is 2. The van der Waals surface area contributed by atoms with Gasteiger partial charge in [-0.05, 0) is 31.5 Å². The predicted molar refractivity (Wildman–Crippen MR) is 94.0 cm³/mol. The van der Waals surface area contributed by atoms with Gasteiger partial charge in [-0.15, -0.1) is 0 Å². The van der Waals surface area contributed by atoms with E-state index < -0.39 is 10.0 Å². The number of carbonyl (C=O) groups excluding carboxylic acids is 1. The first-order valence-corrected chi connectivity index (χ1v) is 9.44. The number of hydrogen-bond donors (Lipinski definition) is 1. The summed E-state index contributed by atoms with van der Waals surface area (Å²) in [4.78, 5) is 12.0. The summed E-state index contributed by atoms with van der Waals surface area (Å²) in [6.07, 6.45) is 0.206. The zero-order valence-electron chi connectivity index (χ0n) is 14.2. The Balaban J connectivity index is 1.88. The number of benzene rings is 1. The smallest absolute Gasteiger partial charge is 0.248 e. The number of halogens is 1. The highest BCUT2D eigenvalue weighted by Gasteiger charge is 2.28. The van der Waals surface area contributed by atoms with Crippen LogP contribution in [-0.2, 0) is 21.2 Å². The van der Waals surface area contributed by atoms with E-state index in [0.29, 0.717) is 10.7 Å². The van der Waals surface area contributed by atoms with Crippen LogP contribution < -0.4 is 5.32 Å². The average Bonchev–Trinajstić information content (AvgIpc) is 2.89. The number of likely N-dealkylation sites (N-methyl/N-ethyl adjacent to an activating group) is 1. The third kappa shape index (κ3) is 4.81. The molecule has 1 aromatic heterocycles. The molecule has 0 radical (unpaired) electrons. The molecule has 0 saturated carbocycles. The molecule has 136 valence electrons. The molecule has 0 bridgehead atoms. The van der Waals surface area contributed by atoms with Crippen molar-refractivity contribution < 1.29 is 17.7 Å². The first kappa shape index (κ1) is 19.4. The van der Waals surface area contributed by atoms with Gasteiger partial charge in [0.15, 0.2) is 5.76 Å². The molecule has 1 amide bonds. The van der Waals surface area contributed by atoms with Crippen LogP contribution in [0.25, 0.3) is 0 Å². The number of amides is 1. The second-order valence-corrected chi connectivity index (χ2v) is 8.05. The molecule has 0 fully saturated rings. The highest BCUT2D eigenvalue weighted by molar-refractivity contribution is 7.89. The van der Waals surface area contributed by atoms with E-state index in [9.17, 15) is 13.2 Å². The minimum absolute atomic E-state index is 0.0718. The van der Waals surface area contributed by atoms with Gasteiger partial charge in [0.25, 0.3) is 0 Å². The third-order valence-electron chi connectivity index (χ3n) is 3.66. The molecule has 0 saturated heterocycles. The molecule has 7 nitrogen and oxygen atoms in total. The van der Waals surface area contributed by atoms with Crippen molar-refractivity contribution >= 4 is 27.5 Å². The lowest BCUT2D eigenvalue weighted by Gasteiger charge is -2.17. The molecular weight excluding hydrogens is 366 g/mol. The Labute approximate surface area is 152 Å². The fourth-order valence-corrected chi connectivity index (χ4v) is 3.90. The molecule has 1 aromatic carbocycles. The van der Waals surface area contributed by atoms with Crippen LogP contribution in [0.2, 0.25) is 5.02 Å². The summed E-state index contributed by atoms with van der Waals surface area (Å²) in [6, 6.07) is 6.98. The molecule has 1 N–H and O–H groups in total. The fourth-order valence-electron chi connectivity index (χ4n) is 2.32. The monoisotopic (exact) mass is 385 g/mol. The molecule has 2 aromatic rings. The third-order valence-corrected chi connectivity index (χ3v) is 6.02. The molecule has 9 heteroatoms. The van der Waals surface area contributed by atoms with E-state index in [4.69, 9.17) is 16.1 Å². The van der Waals surface area contributed by atoms with Crippen LogP contribution in [-0.4, -0.2) is 43.9 Å². The van der Waals surface area contributed by atoms with E-state index >= 15 is 0 Å². The van der Waals surface area contributed by atoms with Crippen molar-refractivity contribution in [2.75, 3.05) is 20.1 Å². The van der Waals surface area contributed by atoms with E-state index in [1.807, 2.05) is 0 Å². The highest BCUT2D eigenvalue weighted by atomic mass is 35.5. The van der Waals surface area contributed by atoms with Crippen LogP contribution in [0.1, 0.15) is 17.0 Å². The molecule has 0 spiro atoms. The van der Waals surface area contributed by atoms with Gasteiger partial charge in [0.2, 0.25) is 15.9 Å². The lowest BCUT2D eigenvalue weighted by atomic mass is 10.1. The van der Waals surface area contributed by atoms with Gasteiger partial charge in [-0.2, -0.15) is 4.31 Å². The van der Waals surface area contributed by atoms with Crippen LogP contribution in [0.15, 0.2) is 33.7 Å². The predicted octanol–water partition coefficient (Wildman–Crippen LogP) is 1.92. The first-order valence-electron chi connectivity index (χ1n) is 7.62. The Morgan fingerprint density at radius 1 is 1.28 bits per heavy atom. The Morgan fingerprint density at radius 3 is 2.48 bits per heavy atom. The largest absolute Gasteiger partial charge is 0.360 e. The average molecular weight is 386 g/mol. The van der Waals surface area contributed by atoms with Gasteiger partial charge in [-0.1, -0.05) is 28.9 Å². The van der Waals surface area contributed by atoms with E-state index in [-0.39, 0.29) is 36.1 Å². The minimum Gasteiger partial charge on any atom is -0.360 e. The maximum Gasteiger partial charge on any atom is 0.248 e. The summed E-state index contributed by atoms with van der Waals surface area (Å²) in [5.74, 6) is 0.0570. The number of hydrogen-bond acceptors (Lipinski definition) is 5. The van der Waals surface area contributed by atoms with Crippen molar-refractivity contribution in [2.24, 2.45) is 0 Å². The van der Waals surface area contributed by atoms with Gasteiger partial charge in [-0.25, -0.2) is 8.42 Å². The molecule has 0 atom stereocenters. The summed E-state index contributed by atoms with van der Waals surface area (Å²) in [6.45, 7) is 3.46. The van der Waals surface area contributed by atoms with E-state index in [0.717, 1.165) is 5.56 Å². The number of carbonyl (C=O) groups is 1. The normalized spacial score (nSPS) is 11.7. The number of aromatic nitrogens is 1. The van der Waals surface area contributed by atoms with Crippen LogP contribution in [0, 0.1) is 13.8 Å². The summed E-state index contributed by atoms with van der Waals surface area (Å²) in [7, 11) is -2.26. The lowest BCUT2D eigenvalue weighted by molar-refractivity contribution is -0.120. The summed E-state index contributed by atoms with van der Waals surface area (Å²) < 4.78 is 31.2. The van der Waals surface area contributed by atoms with Crippen LogP contribution in [0.5, 0.6) is 0 Å². The second kappa shape index (κ2) is 7.99. The summed E-state index contributed by atoms with van der Waals surface area (Å²) in [5.41, 5.74) is 1.15. The number of aryl methyl sites for hydroxylation is 2. The van der Waals surface area contributed by atoms with Crippen molar-refractivity contribution in [3.05, 3.63) is 46.3 Å². The number of nitrogens with one attached hydrogen (secondary N) is 1. The zero-order valence-corrected chi connectivity index (χ0v) is 15.8.